The van der Waals surface area contributed by atoms with Crippen LogP contribution in [0.15, 0.2) is 169 Å². The van der Waals surface area contributed by atoms with Crippen LogP contribution in [0.25, 0.3) is 27.9 Å². The third-order valence-corrected chi connectivity index (χ3v) is 19.7. The number of carbonyl (C=O) groups is 6. The number of Topliss-reactive ketones (excluding diaryl/α,β-unsaturated/α-hetero) is 1. The van der Waals surface area contributed by atoms with Crippen LogP contribution in [0.3, 0.4) is 0 Å². The number of carbonyl (C=O) groups excluding carboxylic acids is 6. The zero-order chi connectivity index (χ0) is 90.0. The lowest BCUT2D eigenvalue weighted by Gasteiger charge is -2.27. The molecule has 0 radical (unpaired) electrons. The SMILES string of the molecule is C.CC.CC.CC.CC.CC.CC.CC.CCOC(=O)CC(=O)CCc1ccccc1C.CCOC(=O)CC1=CCc2c(C)cccc21.CCOC(=O)N1CCC2=C(Cc3c(C)cccc32)C1.CCOC(=O)NCCC1=CCc2c(C)cccc21.Cc1cccc2c1CC=C2CC(N)=O.Cc1cccc2c1CC=C2CCN.Cc1ccccc1C. The first-order chi connectivity index (χ1) is 57.6. The third kappa shape index (κ3) is 37.6. The van der Waals surface area contributed by atoms with Gasteiger partial charge in [-0.1, -0.05) is 268 Å². The second-order valence-electron chi connectivity index (χ2n) is 27.0. The number of hydrogen-bond acceptors (Lipinski definition) is 11. The van der Waals surface area contributed by atoms with E-state index in [9.17, 15) is 28.8 Å². The highest BCUT2D eigenvalue weighted by molar-refractivity contribution is 5.95. The molecule has 13 rings (SSSR count). The summed E-state index contributed by atoms with van der Waals surface area (Å²) < 4.78 is 19.6. The van der Waals surface area contributed by atoms with Gasteiger partial charge in [0.25, 0.3) is 0 Å². The molecule has 7 aromatic rings. The molecule has 6 aliphatic rings. The lowest BCUT2D eigenvalue weighted by atomic mass is 9.98. The molecule has 0 bridgehead atoms. The number of ether oxygens (including phenoxy) is 4. The van der Waals surface area contributed by atoms with Gasteiger partial charge in [0.15, 0.2) is 0 Å². The molecular formula is C106H156N4O10. The highest BCUT2D eigenvalue weighted by atomic mass is 16.6. The van der Waals surface area contributed by atoms with E-state index in [1.165, 1.54) is 122 Å². The normalized spacial score (nSPS) is 11.9. The number of primary amides is 1. The molecule has 14 nitrogen and oxygen atoms in total. The number of allylic oxidation sites excluding steroid dienone is 4. The van der Waals surface area contributed by atoms with E-state index in [0.717, 1.165) is 87.7 Å². The maximum Gasteiger partial charge on any atom is 0.410 e. The molecule has 120 heavy (non-hydrogen) atoms. The molecule has 0 saturated heterocycles. The average molecular weight is 1650 g/mol. The topological polar surface area (TPSA) is 207 Å². The summed E-state index contributed by atoms with van der Waals surface area (Å²) in [6, 6.07) is 48.1. The number of amides is 3. The lowest BCUT2D eigenvalue weighted by molar-refractivity contribution is -0.145. The van der Waals surface area contributed by atoms with Gasteiger partial charge in [0.1, 0.15) is 12.2 Å². The van der Waals surface area contributed by atoms with E-state index in [2.05, 4.69) is 181 Å². The molecular weight excluding hydrogens is 1490 g/mol. The zero-order valence-electron chi connectivity index (χ0n) is 78.1. The van der Waals surface area contributed by atoms with Crippen LogP contribution in [0, 0.1) is 55.4 Å². The highest BCUT2D eigenvalue weighted by Crippen LogP contribution is 2.40. The molecule has 0 saturated carbocycles. The number of hydrogen-bond donors (Lipinski definition) is 3. The summed E-state index contributed by atoms with van der Waals surface area (Å²) in [5.74, 6) is -0.886. The van der Waals surface area contributed by atoms with Crippen molar-refractivity contribution in [2.24, 2.45) is 11.5 Å². The largest absolute Gasteiger partial charge is 0.466 e. The van der Waals surface area contributed by atoms with Gasteiger partial charge in [-0.05, 0) is 287 Å². The molecule has 14 heteroatoms. The molecule has 1 heterocycles. The van der Waals surface area contributed by atoms with E-state index in [1.807, 2.05) is 159 Å². The first-order valence-electron chi connectivity index (χ1n) is 44.2. The van der Waals surface area contributed by atoms with Crippen LogP contribution in [0.4, 0.5) is 9.59 Å². The second kappa shape index (κ2) is 65.6. The van der Waals surface area contributed by atoms with Crippen molar-refractivity contribution in [3.8, 4) is 0 Å². The van der Waals surface area contributed by atoms with Gasteiger partial charge in [-0.15, -0.1) is 0 Å². The van der Waals surface area contributed by atoms with E-state index in [-0.39, 0.29) is 43.7 Å². The fourth-order valence-corrected chi connectivity index (χ4v) is 13.8. The summed E-state index contributed by atoms with van der Waals surface area (Å²) in [4.78, 5) is 69.7. The Hall–Kier alpha value is -10.2. The number of alkyl carbamates (subject to hydrolysis) is 1. The van der Waals surface area contributed by atoms with Crippen LogP contribution in [0.2, 0.25) is 0 Å². The number of nitrogens with zero attached hydrogens (tertiary/aromatic N) is 1. The Labute approximate surface area is 727 Å². The number of rotatable bonds is 18. The summed E-state index contributed by atoms with van der Waals surface area (Å²) in [5, 5.41) is 2.75. The van der Waals surface area contributed by atoms with Crippen molar-refractivity contribution in [1.82, 2.24) is 10.2 Å². The van der Waals surface area contributed by atoms with Crippen molar-refractivity contribution in [2.45, 2.75) is 271 Å². The summed E-state index contributed by atoms with van der Waals surface area (Å²) in [5.41, 5.74) is 43.9. The van der Waals surface area contributed by atoms with Crippen molar-refractivity contribution in [2.75, 3.05) is 52.6 Å². The van der Waals surface area contributed by atoms with Crippen molar-refractivity contribution in [1.29, 1.82) is 0 Å². The molecule has 0 unspecified atom stereocenters. The van der Waals surface area contributed by atoms with Crippen LogP contribution in [-0.2, 0) is 76.7 Å². The third-order valence-electron chi connectivity index (χ3n) is 19.7. The number of ketones is 1. The molecule has 660 valence electrons. The Balaban J connectivity index is 0. The first-order valence-corrected chi connectivity index (χ1v) is 44.2. The monoisotopic (exact) mass is 1650 g/mol. The molecule has 1 aliphatic heterocycles. The van der Waals surface area contributed by atoms with Gasteiger partial charge in [0.05, 0.1) is 39.3 Å². The molecule has 0 aromatic heterocycles. The van der Waals surface area contributed by atoms with Gasteiger partial charge in [-0.2, -0.15) is 0 Å². The van der Waals surface area contributed by atoms with Gasteiger partial charge >= 0.3 is 24.1 Å². The van der Waals surface area contributed by atoms with Crippen molar-refractivity contribution >= 4 is 63.7 Å². The number of fused-ring (bicyclic) bond motifs is 6. The van der Waals surface area contributed by atoms with E-state index in [1.54, 1.807) is 13.8 Å². The smallest absolute Gasteiger partial charge is 0.410 e. The van der Waals surface area contributed by atoms with Crippen LogP contribution in [0.1, 0.15) is 283 Å². The van der Waals surface area contributed by atoms with Crippen molar-refractivity contribution in [3.63, 3.8) is 0 Å². The maximum atomic E-state index is 11.8. The standard InChI is InChI=1S/C16H19NO2.C15H19NO2.C14H18O3.C14H16O2.C12H13NO.C12H15N.C8H10.7C2H6.CH4/c1-3-19-16(18)17-8-7-13-12(10-17)9-15-11(2)5-4-6-14(13)15;1-3-18-15(17)16-10-9-12-7-8-13-11(2)5-4-6-14(12)13;1-3-17-14(16)10-13(15)9-8-12-7-5-4-6-11(12)2;1-3-16-14(15)9-11-7-8-12-10(2)5-4-6-13(11)12;1-8-3-2-4-11-9(7-12(13)14)5-6-10(8)11;1-9-3-2-4-12-10(7-8-13)5-6-11(9)12;1-7-5-3-4-6-8(7)2;7*1-2;/h4-6H,3,7-10H2,1-2H3;4-7H,3,8-10H2,1-2H3,(H,16,17);4-7H,3,8-10H2,1-2H3;4-7H,3,8-9H2,1-2H3;2-5H,6-7H2,1H3,(H2,13,14);2-5H,6-8,13H2,1H3;3-6H,1-2H3;7*1-2H3;1H4. The summed E-state index contributed by atoms with van der Waals surface area (Å²) in [7, 11) is 0. The Kier molecular flexibility index (Phi) is 61.2. The second-order valence-corrected chi connectivity index (χ2v) is 27.0. The lowest BCUT2D eigenvalue weighted by Crippen LogP contribution is -2.36. The number of aryl methyl sites for hydroxylation is 9. The highest BCUT2D eigenvalue weighted by Gasteiger charge is 2.30. The van der Waals surface area contributed by atoms with E-state index >= 15 is 0 Å². The quantitative estimate of drug-likeness (QED) is 0.0418. The Bertz CT molecular complexity index is 4340. The number of esters is 2. The van der Waals surface area contributed by atoms with Crippen molar-refractivity contribution < 1.29 is 47.7 Å². The molecule has 3 amide bonds. The molecule has 0 fully saturated rings. The number of benzene rings is 7. The van der Waals surface area contributed by atoms with Gasteiger partial charge < -0.3 is 40.6 Å². The molecule has 5 aliphatic carbocycles. The molecule has 0 spiro atoms. The van der Waals surface area contributed by atoms with Gasteiger partial charge in [-0.3, -0.25) is 19.2 Å². The minimum Gasteiger partial charge on any atom is -0.466 e. The fourth-order valence-electron chi connectivity index (χ4n) is 13.8. The minimum absolute atomic E-state index is 0. The first kappa shape index (κ1) is 112. The maximum absolute atomic E-state index is 11.8. The van der Waals surface area contributed by atoms with E-state index in [0.29, 0.717) is 58.7 Å². The molecule has 0 atom stereocenters. The summed E-state index contributed by atoms with van der Waals surface area (Å²) >= 11 is 0. The molecule has 5 N–H and O–H groups in total. The van der Waals surface area contributed by atoms with Crippen LogP contribution < -0.4 is 16.8 Å². The number of nitrogens with one attached hydrogen (secondary N) is 1. The van der Waals surface area contributed by atoms with E-state index in [4.69, 9.17) is 30.4 Å². The average Bonchev–Trinajstić information content (AvgIpc) is 1.63. The summed E-state index contributed by atoms with van der Waals surface area (Å²) in [6.45, 7) is 56.7. The fraction of sp³-hybridized carbons (Fsp3) is 0.453. The van der Waals surface area contributed by atoms with Gasteiger partial charge in [-0.25, -0.2) is 9.59 Å². The van der Waals surface area contributed by atoms with Gasteiger partial charge in [0, 0.05) is 26.1 Å². The van der Waals surface area contributed by atoms with E-state index < -0.39 is 5.97 Å². The molecule has 7 aromatic carbocycles. The van der Waals surface area contributed by atoms with Crippen LogP contribution >= 0.6 is 0 Å². The predicted octanol–water partition coefficient (Wildman–Crippen LogP) is 25.8. The Morgan fingerprint density at radius 3 is 1.18 bits per heavy atom. The predicted molar refractivity (Wildman–Crippen MR) is 513 cm³/mol. The Morgan fingerprint density at radius 1 is 0.400 bits per heavy atom. The van der Waals surface area contributed by atoms with Crippen molar-refractivity contribution in [3.05, 3.63) is 275 Å². The van der Waals surface area contributed by atoms with Crippen LogP contribution in [0.5, 0.6) is 0 Å². The van der Waals surface area contributed by atoms with Crippen LogP contribution in [-0.4, -0.2) is 93.3 Å². The zero-order valence-corrected chi connectivity index (χ0v) is 78.1. The van der Waals surface area contributed by atoms with Gasteiger partial charge in [0.2, 0.25) is 5.91 Å². The minimum atomic E-state index is -0.428. The number of nitrogens with two attached hydrogens (primary N) is 2. The summed E-state index contributed by atoms with van der Waals surface area (Å²) in [6.07, 6.45) is 17.8. The Morgan fingerprint density at radius 2 is 0.767 bits per heavy atom.